The number of hydrogen-bond donors (Lipinski definition) is 2. The average Bonchev–Trinajstić information content (AvgIpc) is 3.83. The molecule has 56 heavy (non-hydrogen) atoms. The smallest absolute Gasteiger partial charge is 0.313 e. The molecule has 10 nitrogen and oxygen atoms in total. The lowest BCUT2D eigenvalue weighted by Gasteiger charge is -2.39. The number of ether oxygens (including phenoxy) is 2. The van der Waals surface area contributed by atoms with Crippen LogP contribution in [0.15, 0.2) is 128 Å². The van der Waals surface area contributed by atoms with Crippen molar-refractivity contribution in [1.29, 1.82) is 0 Å². The van der Waals surface area contributed by atoms with Crippen LogP contribution in [0.4, 0.5) is 5.69 Å². The molecule has 1 unspecified atom stereocenters. The summed E-state index contributed by atoms with van der Waals surface area (Å²) in [5.74, 6) is -3.88. The van der Waals surface area contributed by atoms with Gasteiger partial charge in [-0.25, -0.2) is 0 Å². The fourth-order valence-electron chi connectivity index (χ4n) is 8.73. The van der Waals surface area contributed by atoms with Gasteiger partial charge in [-0.1, -0.05) is 119 Å². The second-order valence-corrected chi connectivity index (χ2v) is 15.8. The molecular formula is C45H46BrN3O7. The Kier molecular flexibility index (Phi) is 11.8. The van der Waals surface area contributed by atoms with E-state index in [2.05, 4.69) is 34.4 Å². The Labute approximate surface area is 335 Å². The van der Waals surface area contributed by atoms with E-state index in [1.54, 1.807) is 17.1 Å². The minimum atomic E-state index is -1.42. The van der Waals surface area contributed by atoms with Crippen molar-refractivity contribution in [2.45, 2.75) is 60.4 Å². The molecule has 2 bridgehead atoms. The Morgan fingerprint density at radius 2 is 1.68 bits per heavy atom. The summed E-state index contributed by atoms with van der Waals surface area (Å²) >= 11 is 3.77. The first-order valence-electron chi connectivity index (χ1n) is 19.0. The molecule has 7 rings (SSSR count). The number of aliphatic hydroxyl groups is 1. The summed E-state index contributed by atoms with van der Waals surface area (Å²) in [7, 11) is 0. The monoisotopic (exact) mass is 819 g/mol. The van der Waals surface area contributed by atoms with Gasteiger partial charge < -0.3 is 29.7 Å². The van der Waals surface area contributed by atoms with Crippen LogP contribution >= 0.6 is 15.9 Å². The average molecular weight is 821 g/mol. The van der Waals surface area contributed by atoms with Gasteiger partial charge in [-0.15, -0.1) is 13.2 Å². The number of esters is 1. The normalized spacial score (nSPS) is 24.6. The third-order valence-electron chi connectivity index (χ3n) is 11.3. The fourth-order valence-corrected chi connectivity index (χ4v) is 9.68. The number of hydrogen-bond acceptors (Lipinski definition) is 7. The lowest BCUT2D eigenvalue weighted by atomic mass is 9.70. The molecule has 3 aliphatic rings. The van der Waals surface area contributed by atoms with Gasteiger partial charge in [0.25, 0.3) is 5.91 Å². The van der Waals surface area contributed by atoms with Crippen molar-refractivity contribution >= 4 is 56.1 Å². The Morgan fingerprint density at radius 1 is 0.982 bits per heavy atom. The number of anilines is 1. The first kappa shape index (κ1) is 39.1. The summed E-state index contributed by atoms with van der Waals surface area (Å²) < 4.78 is 13.1. The van der Waals surface area contributed by atoms with Gasteiger partial charge in [0.1, 0.15) is 17.7 Å². The summed E-state index contributed by atoms with van der Waals surface area (Å²) in [6.45, 7) is 7.36. The summed E-state index contributed by atoms with van der Waals surface area (Å²) in [5, 5.41) is 15.8. The molecule has 3 amide bonds. The van der Waals surface area contributed by atoms with Crippen LogP contribution in [-0.4, -0.2) is 82.0 Å². The molecule has 0 saturated carbocycles. The zero-order valence-corrected chi connectivity index (χ0v) is 32.6. The second-order valence-electron chi connectivity index (χ2n) is 14.7. The number of allylic oxidation sites excluding steroid dienone is 1. The number of rotatable bonds is 16. The molecule has 0 radical (unpaired) electrons. The summed E-state index contributed by atoms with van der Waals surface area (Å²) in [4.78, 5) is 60.3. The van der Waals surface area contributed by atoms with Crippen LogP contribution in [-0.2, 0) is 35.1 Å². The number of nitrogens with one attached hydrogen (secondary N) is 1. The number of carbonyl (C=O) groups is 4. The molecule has 3 fully saturated rings. The van der Waals surface area contributed by atoms with Crippen molar-refractivity contribution in [1.82, 2.24) is 10.2 Å². The summed E-state index contributed by atoms with van der Waals surface area (Å²) in [6, 6.07) is 30.2. The quantitative estimate of drug-likeness (QED) is 0.0799. The van der Waals surface area contributed by atoms with Crippen LogP contribution in [0.5, 0.6) is 0 Å². The third kappa shape index (κ3) is 7.43. The summed E-state index contributed by atoms with van der Waals surface area (Å²) in [5.41, 5.74) is 0.741. The van der Waals surface area contributed by atoms with E-state index in [4.69, 9.17) is 9.47 Å². The minimum Gasteiger partial charge on any atom is -0.455 e. The standard InChI is InChI=1S/C45H46BrN3O7/c1-3-5-20-37(51)47-27-36(31-17-10-7-11-18-31)55-44(54)38-39-42(52)49(34(28-50)24-29-14-8-6-9-15-29)41(45(39)26-35(46)40(38)56-45)43(53)48(23-4-2)33-22-21-30-16-12-13-19-32(30)25-33/h3-4,6-19,21-22,25,34-36,38-41,50H,1-2,5,20,23-24,26-28H2,(H,47,51)/t34-,35?,36+,38+,39-,40+,41+,45-/m1/s1. The number of nitrogens with zero attached hydrogens (tertiary/aromatic N) is 2. The zero-order chi connectivity index (χ0) is 39.4. The molecule has 3 aliphatic heterocycles. The van der Waals surface area contributed by atoms with Crippen molar-refractivity contribution < 1.29 is 33.8 Å². The van der Waals surface area contributed by atoms with E-state index in [1.165, 1.54) is 4.90 Å². The van der Waals surface area contributed by atoms with Crippen molar-refractivity contribution in [3.63, 3.8) is 0 Å². The van der Waals surface area contributed by atoms with Gasteiger partial charge in [0.2, 0.25) is 11.8 Å². The number of aliphatic hydroxyl groups excluding tert-OH is 1. The number of fused-ring (bicyclic) bond motifs is 2. The third-order valence-corrected chi connectivity index (χ3v) is 12.1. The van der Waals surface area contributed by atoms with E-state index in [1.807, 2.05) is 103 Å². The lowest BCUT2D eigenvalue weighted by molar-refractivity contribution is -0.160. The number of benzene rings is 4. The number of alkyl halides is 1. The van der Waals surface area contributed by atoms with Gasteiger partial charge in [0, 0.05) is 23.5 Å². The zero-order valence-electron chi connectivity index (χ0n) is 31.0. The molecule has 0 aromatic heterocycles. The van der Waals surface area contributed by atoms with E-state index in [9.17, 15) is 14.7 Å². The van der Waals surface area contributed by atoms with Gasteiger partial charge >= 0.3 is 5.97 Å². The predicted octanol–water partition coefficient (Wildman–Crippen LogP) is 6.08. The van der Waals surface area contributed by atoms with Crippen molar-refractivity contribution in [3.8, 4) is 0 Å². The van der Waals surface area contributed by atoms with E-state index < -0.39 is 66.1 Å². The Hall–Kier alpha value is -5.10. The number of amides is 3. The number of likely N-dealkylation sites (tertiary alicyclic amines) is 1. The van der Waals surface area contributed by atoms with E-state index in [0.717, 1.165) is 16.3 Å². The molecule has 4 aromatic rings. The second kappa shape index (κ2) is 17.0. The van der Waals surface area contributed by atoms with Crippen LogP contribution in [0.2, 0.25) is 0 Å². The first-order chi connectivity index (χ1) is 27.2. The van der Waals surface area contributed by atoms with E-state index in [-0.39, 0.29) is 43.1 Å². The molecule has 290 valence electrons. The van der Waals surface area contributed by atoms with E-state index in [0.29, 0.717) is 17.7 Å². The Balaban J connectivity index is 1.27. The number of carbonyl (C=O) groups excluding carboxylic acids is 4. The molecule has 3 heterocycles. The highest BCUT2D eigenvalue weighted by atomic mass is 79.9. The van der Waals surface area contributed by atoms with Crippen LogP contribution < -0.4 is 10.2 Å². The molecule has 0 aliphatic carbocycles. The highest BCUT2D eigenvalue weighted by molar-refractivity contribution is 9.09. The fraction of sp³-hybridized carbons (Fsp3) is 0.333. The molecule has 8 atom stereocenters. The van der Waals surface area contributed by atoms with Crippen molar-refractivity contribution in [2.75, 3.05) is 24.6 Å². The van der Waals surface area contributed by atoms with Gasteiger partial charge in [-0.05, 0) is 53.3 Å². The van der Waals surface area contributed by atoms with Crippen molar-refractivity contribution in [2.24, 2.45) is 11.8 Å². The Morgan fingerprint density at radius 3 is 2.38 bits per heavy atom. The van der Waals surface area contributed by atoms with Crippen LogP contribution in [0.1, 0.15) is 36.5 Å². The number of halogens is 1. The Bertz CT molecular complexity index is 2100. The summed E-state index contributed by atoms with van der Waals surface area (Å²) in [6.07, 6.45) is 2.95. The maximum Gasteiger partial charge on any atom is 0.313 e. The van der Waals surface area contributed by atoms with Gasteiger partial charge in [0.15, 0.2) is 0 Å². The molecular weight excluding hydrogens is 774 g/mol. The highest BCUT2D eigenvalue weighted by Gasteiger charge is 2.77. The predicted molar refractivity (Wildman–Crippen MR) is 218 cm³/mol. The SMILES string of the molecule is C=CCCC(=O)NC[C@H](OC(=O)[C@@H]1[C@H]2O[C@@]3(CC2Br)[C@H](C(=O)N(CC=C)c2ccc4ccccc4c2)N([C@@H](CO)Cc2ccccc2)C(=O)[C@@H]13)c1ccccc1. The van der Waals surface area contributed by atoms with Gasteiger partial charge in [0.05, 0.1) is 37.1 Å². The molecule has 3 saturated heterocycles. The largest absolute Gasteiger partial charge is 0.455 e. The lowest BCUT2D eigenvalue weighted by Crippen LogP contribution is -2.59. The van der Waals surface area contributed by atoms with Crippen molar-refractivity contribution in [3.05, 3.63) is 140 Å². The molecule has 11 heteroatoms. The maximum absolute atomic E-state index is 15.3. The highest BCUT2D eigenvalue weighted by Crippen LogP contribution is 2.61. The topological polar surface area (TPSA) is 125 Å². The van der Waals surface area contributed by atoms with Gasteiger partial charge in [-0.2, -0.15) is 0 Å². The molecule has 4 aromatic carbocycles. The minimum absolute atomic E-state index is 0.0185. The van der Waals surface area contributed by atoms with Crippen LogP contribution in [0.3, 0.4) is 0 Å². The molecule has 2 N–H and O–H groups in total. The van der Waals surface area contributed by atoms with Crippen LogP contribution in [0, 0.1) is 11.8 Å². The molecule has 1 spiro atoms. The maximum atomic E-state index is 15.3. The van der Waals surface area contributed by atoms with Gasteiger partial charge in [-0.3, -0.25) is 19.2 Å². The van der Waals surface area contributed by atoms with E-state index >= 15 is 9.59 Å². The first-order valence-corrected chi connectivity index (χ1v) is 19.9. The van der Waals surface area contributed by atoms with Crippen LogP contribution in [0.25, 0.3) is 10.8 Å².